The topological polar surface area (TPSA) is 50.4 Å². The first-order chi connectivity index (χ1) is 8.63. The van der Waals surface area contributed by atoms with Crippen molar-refractivity contribution in [1.82, 2.24) is 0 Å². The van der Waals surface area contributed by atoms with E-state index in [1.165, 1.54) is 6.07 Å². The van der Waals surface area contributed by atoms with E-state index in [0.717, 1.165) is 6.07 Å². The summed E-state index contributed by atoms with van der Waals surface area (Å²) >= 11 is 0. The Kier molecular flexibility index (Phi) is 3.76. The van der Waals surface area contributed by atoms with E-state index < -0.39 is 17.7 Å². The summed E-state index contributed by atoms with van der Waals surface area (Å²) in [6.45, 7) is 0.518. The van der Waals surface area contributed by atoms with Crippen molar-refractivity contribution in [2.75, 3.05) is 24.4 Å². The third-order valence-electron chi connectivity index (χ3n) is 2.83. The fourth-order valence-corrected chi connectivity index (χ4v) is 1.89. The van der Waals surface area contributed by atoms with Gasteiger partial charge in [0.05, 0.1) is 11.4 Å². The number of halogens is 2. The Morgan fingerprint density at radius 2 is 2.17 bits per heavy atom. The van der Waals surface area contributed by atoms with Crippen LogP contribution < -0.4 is 10.6 Å². The van der Waals surface area contributed by atoms with Crippen LogP contribution in [-0.4, -0.2) is 25.7 Å². The molecule has 1 atom stereocenters. The highest BCUT2D eigenvalue weighted by Gasteiger charge is 2.28. The van der Waals surface area contributed by atoms with Crippen molar-refractivity contribution in [3.63, 3.8) is 0 Å². The lowest BCUT2D eigenvalue weighted by molar-refractivity contribution is -0.117. The quantitative estimate of drug-likeness (QED) is 0.811. The van der Waals surface area contributed by atoms with Gasteiger partial charge in [0.15, 0.2) is 11.6 Å². The van der Waals surface area contributed by atoms with Crippen LogP contribution in [0.3, 0.4) is 0 Å². The molecule has 0 spiro atoms. The van der Waals surface area contributed by atoms with E-state index in [9.17, 15) is 13.6 Å². The number of benzene rings is 1. The summed E-state index contributed by atoms with van der Waals surface area (Å²) in [5.41, 5.74) is 0.277. The number of hydrogen-bond donors (Lipinski definition) is 2. The maximum absolute atomic E-state index is 13.6. The molecule has 0 aromatic heterocycles. The van der Waals surface area contributed by atoms with Gasteiger partial charge in [-0.15, -0.1) is 0 Å². The number of nitrogens with one attached hydrogen (secondary N) is 2. The largest absolute Gasteiger partial charge is 0.385 e. The van der Waals surface area contributed by atoms with Crippen LogP contribution in [0.25, 0.3) is 0 Å². The summed E-state index contributed by atoms with van der Waals surface area (Å²) in [7, 11) is 1.57. The van der Waals surface area contributed by atoms with E-state index in [-0.39, 0.29) is 17.3 Å². The van der Waals surface area contributed by atoms with Crippen molar-refractivity contribution < 1.29 is 18.3 Å². The molecule has 6 heteroatoms. The first kappa shape index (κ1) is 12.8. The first-order valence-electron chi connectivity index (χ1n) is 5.68. The number of carbonyl (C=O) groups is 1. The molecule has 4 nitrogen and oxygen atoms in total. The van der Waals surface area contributed by atoms with Crippen molar-refractivity contribution in [2.45, 2.75) is 18.9 Å². The molecule has 0 aliphatic carbocycles. The van der Waals surface area contributed by atoms with Gasteiger partial charge in [-0.1, -0.05) is 0 Å². The van der Waals surface area contributed by atoms with Gasteiger partial charge in [-0.25, -0.2) is 8.78 Å². The smallest absolute Gasteiger partial charge is 0.246 e. The molecule has 0 saturated carbocycles. The van der Waals surface area contributed by atoms with Crippen LogP contribution in [0.15, 0.2) is 12.1 Å². The van der Waals surface area contributed by atoms with Crippen molar-refractivity contribution >= 4 is 17.3 Å². The lowest BCUT2D eigenvalue weighted by atomic mass is 10.1. The van der Waals surface area contributed by atoms with Gasteiger partial charge in [-0.2, -0.15) is 0 Å². The number of methoxy groups -OCH3 is 1. The van der Waals surface area contributed by atoms with Crippen molar-refractivity contribution in [3.8, 4) is 0 Å². The number of carbonyl (C=O) groups excluding carboxylic acids is 1. The average molecular weight is 256 g/mol. The number of amides is 1. The Hall–Kier alpha value is -1.69. The molecule has 1 aliphatic heterocycles. The maximum atomic E-state index is 13.6. The third kappa shape index (κ3) is 2.43. The zero-order chi connectivity index (χ0) is 13.1. The monoisotopic (exact) mass is 256 g/mol. The molecule has 1 heterocycles. The highest BCUT2D eigenvalue weighted by Crippen LogP contribution is 2.31. The normalized spacial score (nSPS) is 17.9. The predicted molar refractivity (Wildman–Crippen MR) is 63.5 cm³/mol. The van der Waals surface area contributed by atoms with Gasteiger partial charge < -0.3 is 15.4 Å². The molecule has 0 bridgehead atoms. The van der Waals surface area contributed by atoms with Crippen molar-refractivity contribution in [2.24, 2.45) is 0 Å². The number of rotatable bonds is 4. The summed E-state index contributed by atoms with van der Waals surface area (Å²) in [6, 6.07) is 1.76. The highest BCUT2D eigenvalue weighted by molar-refractivity contribution is 6.02. The highest BCUT2D eigenvalue weighted by atomic mass is 19.2. The molecule has 0 saturated heterocycles. The summed E-state index contributed by atoms with van der Waals surface area (Å²) in [5, 5.41) is 5.29. The molecule has 1 aromatic carbocycles. The second kappa shape index (κ2) is 5.30. The van der Waals surface area contributed by atoms with E-state index in [0.29, 0.717) is 19.4 Å². The van der Waals surface area contributed by atoms with Crippen LogP contribution in [0, 0.1) is 11.6 Å². The molecule has 0 fully saturated rings. The van der Waals surface area contributed by atoms with E-state index in [2.05, 4.69) is 10.6 Å². The number of hydrogen-bond acceptors (Lipinski definition) is 3. The van der Waals surface area contributed by atoms with Crippen LogP contribution in [0.4, 0.5) is 20.2 Å². The molecule has 98 valence electrons. The van der Waals surface area contributed by atoms with E-state index in [1.807, 2.05) is 0 Å². The molecule has 2 rings (SSSR count). The fourth-order valence-electron chi connectivity index (χ4n) is 1.89. The standard InChI is InChI=1S/C12H14F2N2O2/c1-18-6-2-3-9-12(17)16-8-5-4-7(13)10(14)11(8)15-9/h4-5,9,15H,2-3,6H2,1H3,(H,16,17). The van der Waals surface area contributed by atoms with Gasteiger partial charge in [0.25, 0.3) is 0 Å². The van der Waals surface area contributed by atoms with Gasteiger partial charge in [-0.3, -0.25) is 4.79 Å². The van der Waals surface area contributed by atoms with Crippen molar-refractivity contribution in [3.05, 3.63) is 23.8 Å². The van der Waals surface area contributed by atoms with E-state index >= 15 is 0 Å². The van der Waals surface area contributed by atoms with Crippen LogP contribution in [0.1, 0.15) is 12.8 Å². The number of ether oxygens (including phenoxy) is 1. The van der Waals surface area contributed by atoms with E-state index in [4.69, 9.17) is 4.74 Å². The Morgan fingerprint density at radius 3 is 2.89 bits per heavy atom. The molecular weight excluding hydrogens is 242 g/mol. The number of anilines is 2. The van der Waals surface area contributed by atoms with Gasteiger partial charge in [-0.05, 0) is 25.0 Å². The zero-order valence-corrected chi connectivity index (χ0v) is 9.93. The van der Waals surface area contributed by atoms with Gasteiger partial charge in [0, 0.05) is 13.7 Å². The maximum Gasteiger partial charge on any atom is 0.246 e. The fraction of sp³-hybridized carbons (Fsp3) is 0.417. The Bertz CT molecular complexity index is 466. The second-order valence-corrected chi connectivity index (χ2v) is 4.11. The lowest BCUT2D eigenvalue weighted by Crippen LogP contribution is -2.39. The van der Waals surface area contributed by atoms with Gasteiger partial charge >= 0.3 is 0 Å². The molecular formula is C12H14F2N2O2. The van der Waals surface area contributed by atoms with Gasteiger partial charge in [0.1, 0.15) is 6.04 Å². The Labute approximate surface area is 103 Å². The van der Waals surface area contributed by atoms with Crippen LogP contribution in [-0.2, 0) is 9.53 Å². The van der Waals surface area contributed by atoms with Crippen LogP contribution >= 0.6 is 0 Å². The Morgan fingerprint density at radius 1 is 1.39 bits per heavy atom. The van der Waals surface area contributed by atoms with Crippen LogP contribution in [0.5, 0.6) is 0 Å². The lowest BCUT2D eigenvalue weighted by Gasteiger charge is -2.27. The minimum absolute atomic E-state index is 0.0111. The number of fused-ring (bicyclic) bond motifs is 1. The molecule has 1 aliphatic rings. The molecule has 0 radical (unpaired) electrons. The predicted octanol–water partition coefficient (Wildman–Crippen LogP) is 2.12. The minimum Gasteiger partial charge on any atom is -0.385 e. The second-order valence-electron chi connectivity index (χ2n) is 4.11. The van der Waals surface area contributed by atoms with Crippen LogP contribution in [0.2, 0.25) is 0 Å². The zero-order valence-electron chi connectivity index (χ0n) is 9.93. The minimum atomic E-state index is -0.968. The summed E-state index contributed by atoms with van der Waals surface area (Å²) in [5.74, 6) is -2.15. The summed E-state index contributed by atoms with van der Waals surface area (Å²) < 4.78 is 31.5. The molecule has 1 aromatic rings. The van der Waals surface area contributed by atoms with E-state index in [1.54, 1.807) is 7.11 Å². The van der Waals surface area contributed by atoms with Crippen molar-refractivity contribution in [1.29, 1.82) is 0 Å². The molecule has 18 heavy (non-hydrogen) atoms. The molecule has 1 amide bonds. The Balaban J connectivity index is 2.15. The van der Waals surface area contributed by atoms with Gasteiger partial charge in [0.2, 0.25) is 5.91 Å². The SMILES string of the molecule is COCCCC1Nc2c(ccc(F)c2F)NC1=O. The molecule has 2 N–H and O–H groups in total. The average Bonchev–Trinajstić information content (AvgIpc) is 2.36. The first-order valence-corrected chi connectivity index (χ1v) is 5.68. The third-order valence-corrected chi connectivity index (χ3v) is 2.83. The molecule has 1 unspecified atom stereocenters. The summed E-state index contributed by atoms with van der Waals surface area (Å²) in [4.78, 5) is 11.7. The summed E-state index contributed by atoms with van der Waals surface area (Å²) in [6.07, 6.45) is 1.16.